The van der Waals surface area contributed by atoms with Crippen LogP contribution >= 0.6 is 11.6 Å². The normalized spacial score (nSPS) is 19.8. The molecule has 0 radical (unpaired) electrons. The van der Waals surface area contributed by atoms with Crippen LogP contribution in [0.5, 0.6) is 0 Å². The fourth-order valence-electron chi connectivity index (χ4n) is 3.53. The van der Waals surface area contributed by atoms with Gasteiger partial charge in [-0.1, -0.05) is 50.0 Å². The van der Waals surface area contributed by atoms with Gasteiger partial charge in [-0.25, -0.2) is 0 Å². The first-order valence-electron chi connectivity index (χ1n) is 11.4. The summed E-state index contributed by atoms with van der Waals surface area (Å²) in [5, 5.41) is 11.9. The highest BCUT2D eigenvalue weighted by atomic mass is 35.5. The van der Waals surface area contributed by atoms with Crippen LogP contribution in [0.3, 0.4) is 0 Å². The summed E-state index contributed by atoms with van der Waals surface area (Å²) in [7, 11) is 0. The summed E-state index contributed by atoms with van der Waals surface area (Å²) in [6.45, 7) is 12.0. The molecule has 0 saturated carbocycles. The average molecular weight is 450 g/mol. The molecule has 3 atom stereocenters. The molecule has 0 fully saturated rings. The second-order valence-electron chi connectivity index (χ2n) is 7.86. The quantitative estimate of drug-likeness (QED) is 0.166. The Morgan fingerprint density at radius 2 is 2.19 bits per heavy atom. The zero-order valence-electron chi connectivity index (χ0n) is 19.4. The first-order valence-corrected chi connectivity index (χ1v) is 11.8. The summed E-state index contributed by atoms with van der Waals surface area (Å²) in [4.78, 5) is 19.3. The minimum atomic E-state index is -0.00949. The number of halogens is 1. The van der Waals surface area contributed by atoms with E-state index < -0.39 is 0 Å². The van der Waals surface area contributed by atoms with Gasteiger partial charge in [0.15, 0.2) is 0 Å². The van der Waals surface area contributed by atoms with Gasteiger partial charge in [-0.05, 0) is 51.0 Å². The predicted molar refractivity (Wildman–Crippen MR) is 133 cm³/mol. The molecule has 1 amide bonds. The maximum atomic E-state index is 12.7. The topological polar surface area (TPSA) is 64.9 Å². The number of nitrogens with one attached hydrogen (secondary N) is 1. The van der Waals surface area contributed by atoms with Gasteiger partial charge >= 0.3 is 0 Å². The monoisotopic (exact) mass is 449 g/mol. The molecule has 6 heteroatoms. The van der Waals surface area contributed by atoms with Gasteiger partial charge in [0.1, 0.15) is 5.84 Å². The summed E-state index contributed by atoms with van der Waals surface area (Å²) < 4.78 is 0. The molecular weight excluding hydrogens is 410 g/mol. The van der Waals surface area contributed by atoms with Crippen molar-refractivity contribution in [1.29, 1.82) is 0 Å². The number of aliphatic hydroxyl groups excluding tert-OH is 1. The number of amides is 1. The minimum Gasteiger partial charge on any atom is -0.395 e. The second kappa shape index (κ2) is 16.0. The fraction of sp³-hybridized carbons (Fsp3) is 0.600. The van der Waals surface area contributed by atoms with Crippen LogP contribution < -0.4 is 5.32 Å². The van der Waals surface area contributed by atoms with Crippen LogP contribution in [0, 0.1) is 5.92 Å². The number of aliphatic hydroxyl groups is 1. The smallest absolute Gasteiger partial charge is 0.230 e. The fourth-order valence-corrected chi connectivity index (χ4v) is 3.61. The third-order valence-corrected chi connectivity index (χ3v) is 5.48. The van der Waals surface area contributed by atoms with Crippen molar-refractivity contribution in [2.75, 3.05) is 26.2 Å². The number of allylic oxidation sites excluding steroid dienone is 4. The Kier molecular flexibility index (Phi) is 14.1. The first kappa shape index (κ1) is 27.3. The molecule has 174 valence electrons. The summed E-state index contributed by atoms with van der Waals surface area (Å²) >= 11 is 6.03. The van der Waals surface area contributed by atoms with Crippen LogP contribution in [0.2, 0.25) is 0 Å². The van der Waals surface area contributed by atoms with Crippen molar-refractivity contribution in [3.05, 3.63) is 48.6 Å². The van der Waals surface area contributed by atoms with Gasteiger partial charge in [0.25, 0.3) is 0 Å². The number of alkyl halides is 1. The molecule has 1 heterocycles. The molecule has 1 aliphatic rings. The summed E-state index contributed by atoms with van der Waals surface area (Å²) in [5.74, 6) is 1.24. The number of amidine groups is 1. The third-order valence-electron chi connectivity index (χ3n) is 5.33. The molecule has 0 bridgehead atoms. The number of nitrogens with zero attached hydrogens (tertiary/aromatic N) is 2. The van der Waals surface area contributed by atoms with Crippen molar-refractivity contribution in [3.63, 3.8) is 0 Å². The summed E-state index contributed by atoms with van der Waals surface area (Å²) in [6.07, 6.45) is 16.5. The van der Waals surface area contributed by atoms with Crippen molar-refractivity contribution in [2.45, 2.75) is 64.3 Å². The van der Waals surface area contributed by atoms with Gasteiger partial charge in [0.05, 0.1) is 19.1 Å². The van der Waals surface area contributed by atoms with Crippen molar-refractivity contribution in [1.82, 2.24) is 10.2 Å². The molecule has 0 aromatic carbocycles. The number of rotatable bonds is 15. The molecule has 5 nitrogen and oxygen atoms in total. The molecule has 2 N–H and O–H groups in total. The van der Waals surface area contributed by atoms with E-state index in [2.05, 4.69) is 43.1 Å². The third kappa shape index (κ3) is 10.9. The van der Waals surface area contributed by atoms with Crippen LogP contribution in [0.15, 0.2) is 53.6 Å². The zero-order chi connectivity index (χ0) is 23.1. The van der Waals surface area contributed by atoms with Crippen molar-refractivity contribution in [2.24, 2.45) is 10.9 Å². The van der Waals surface area contributed by atoms with Gasteiger partial charge in [0.2, 0.25) is 5.91 Å². The van der Waals surface area contributed by atoms with E-state index in [1.54, 1.807) is 0 Å². The SMILES string of the molecule is C=CC(=CC/C=C\CCCN1C(=O)CC(C(/C=C\C(C)Cl)CC)N=C1C)CNCCO. The molecule has 1 rings (SSSR count). The Hall–Kier alpha value is -1.69. The van der Waals surface area contributed by atoms with Gasteiger partial charge < -0.3 is 15.3 Å². The lowest BCUT2D eigenvalue weighted by Gasteiger charge is -2.32. The summed E-state index contributed by atoms with van der Waals surface area (Å²) in [5.41, 5.74) is 1.12. The number of hydrogen-bond donors (Lipinski definition) is 2. The zero-order valence-corrected chi connectivity index (χ0v) is 20.2. The van der Waals surface area contributed by atoms with Gasteiger partial charge in [-0.3, -0.25) is 9.79 Å². The average Bonchev–Trinajstić information content (AvgIpc) is 2.73. The van der Waals surface area contributed by atoms with Crippen molar-refractivity contribution >= 4 is 23.3 Å². The van der Waals surface area contributed by atoms with Gasteiger partial charge in [0, 0.05) is 25.0 Å². The van der Waals surface area contributed by atoms with Crippen LogP contribution in [-0.2, 0) is 4.79 Å². The molecule has 0 saturated heterocycles. The predicted octanol–water partition coefficient (Wildman–Crippen LogP) is 4.64. The maximum Gasteiger partial charge on any atom is 0.230 e. The van der Waals surface area contributed by atoms with Crippen LogP contribution in [0.1, 0.15) is 52.9 Å². The number of carbonyl (C=O) groups excluding carboxylic acids is 1. The molecule has 1 aliphatic heterocycles. The van der Waals surface area contributed by atoms with E-state index in [0.29, 0.717) is 26.1 Å². The lowest BCUT2D eigenvalue weighted by atomic mass is 9.92. The van der Waals surface area contributed by atoms with Gasteiger partial charge in [-0.2, -0.15) is 0 Å². The van der Waals surface area contributed by atoms with E-state index >= 15 is 0 Å². The molecule has 0 spiro atoms. The van der Waals surface area contributed by atoms with Crippen LogP contribution in [-0.4, -0.2) is 59.4 Å². The molecule has 0 aromatic heterocycles. The standard InChI is InChI=1S/C25H40ClN3O2/c1-5-22(19-27-15-17-30)12-10-8-7-9-11-16-29-21(4)28-24(18-25(29)31)23(6-2)14-13-20(3)26/h5,7-8,12-14,20,23-24,27,30H,1,6,9-11,15-19H2,2-4H3/b8-7-,14-13-,22-12?. The van der Waals surface area contributed by atoms with E-state index in [-0.39, 0.29) is 29.9 Å². The minimum absolute atomic E-state index is 0.00949. The van der Waals surface area contributed by atoms with E-state index in [4.69, 9.17) is 21.7 Å². The number of hydrogen-bond acceptors (Lipinski definition) is 4. The molecular formula is C25H40ClN3O2. The van der Waals surface area contributed by atoms with E-state index in [9.17, 15) is 4.79 Å². The molecule has 31 heavy (non-hydrogen) atoms. The van der Waals surface area contributed by atoms with Crippen LogP contribution in [0.25, 0.3) is 0 Å². The lowest BCUT2D eigenvalue weighted by molar-refractivity contribution is -0.128. The van der Waals surface area contributed by atoms with Crippen molar-refractivity contribution < 1.29 is 9.90 Å². The largest absolute Gasteiger partial charge is 0.395 e. The Bertz CT molecular complexity index is 668. The second-order valence-corrected chi connectivity index (χ2v) is 8.55. The number of carbonyl (C=O) groups is 1. The summed E-state index contributed by atoms with van der Waals surface area (Å²) in [6, 6.07) is 0.0121. The highest BCUT2D eigenvalue weighted by Crippen LogP contribution is 2.23. The van der Waals surface area contributed by atoms with E-state index in [1.807, 2.05) is 30.9 Å². The maximum absolute atomic E-state index is 12.7. The van der Waals surface area contributed by atoms with Gasteiger partial charge in [-0.15, -0.1) is 11.6 Å². The van der Waals surface area contributed by atoms with E-state index in [0.717, 1.165) is 37.1 Å². The van der Waals surface area contributed by atoms with Crippen molar-refractivity contribution in [3.8, 4) is 0 Å². The Morgan fingerprint density at radius 3 is 2.81 bits per heavy atom. The Balaban J connectivity index is 2.46. The number of aliphatic imine (C=N–C) groups is 1. The highest BCUT2D eigenvalue weighted by Gasteiger charge is 2.29. The van der Waals surface area contributed by atoms with Crippen LogP contribution in [0.4, 0.5) is 0 Å². The number of unbranched alkanes of at least 4 members (excludes halogenated alkanes) is 1. The Labute approximate surface area is 193 Å². The Morgan fingerprint density at radius 1 is 1.42 bits per heavy atom. The molecule has 3 unspecified atom stereocenters. The molecule has 0 aromatic rings. The highest BCUT2D eigenvalue weighted by molar-refractivity contribution is 6.21. The lowest BCUT2D eigenvalue weighted by Crippen LogP contribution is -2.43. The van der Waals surface area contributed by atoms with E-state index in [1.165, 1.54) is 0 Å². The molecule has 0 aliphatic carbocycles. The first-order chi connectivity index (χ1) is 14.9.